The Bertz CT molecular complexity index is 1240. The molecular weight excluding hydrogens is 448 g/mol. The van der Waals surface area contributed by atoms with Gasteiger partial charge in [0.25, 0.3) is 11.8 Å². The quantitative estimate of drug-likeness (QED) is 0.660. The normalized spacial score (nSPS) is 32.3. The molecule has 35 heavy (non-hydrogen) atoms. The number of oxazole rings is 1. The summed E-state index contributed by atoms with van der Waals surface area (Å²) in [7, 11) is 0. The van der Waals surface area contributed by atoms with E-state index in [1.54, 1.807) is 11.1 Å². The van der Waals surface area contributed by atoms with Gasteiger partial charge in [0.1, 0.15) is 23.2 Å². The summed E-state index contributed by atoms with van der Waals surface area (Å²) in [5.74, 6) is 1.93. The molecule has 1 N–H and O–H groups in total. The molecule has 2 aromatic rings. The number of aryl methyl sites for hydroxylation is 1. The van der Waals surface area contributed by atoms with Crippen molar-refractivity contribution in [2.75, 3.05) is 13.1 Å². The van der Waals surface area contributed by atoms with Gasteiger partial charge >= 0.3 is 0 Å². The number of hydrogen-bond acceptors (Lipinski definition) is 7. The fourth-order valence-electron chi connectivity index (χ4n) is 6.65. The first kappa shape index (κ1) is 21.1. The fraction of sp³-hybridized carbons (Fsp3) is 0.538. The number of carbonyl (C=O) groups is 3. The minimum absolute atomic E-state index is 0.106. The van der Waals surface area contributed by atoms with E-state index >= 15 is 0 Å². The van der Waals surface area contributed by atoms with Crippen LogP contribution in [0.5, 0.6) is 5.75 Å². The SMILES string of the molecule is Cc1cnc(C2CN(C3CCCC3Oc3ccc4c(c3)CN(C35CC(C3)C(=O)NC5=O)C4=O)C2)o1. The second-order valence-electron chi connectivity index (χ2n) is 10.8. The van der Waals surface area contributed by atoms with E-state index in [1.165, 1.54) is 0 Å². The summed E-state index contributed by atoms with van der Waals surface area (Å²) in [6, 6.07) is 6.01. The van der Waals surface area contributed by atoms with Gasteiger partial charge in [0.2, 0.25) is 5.91 Å². The molecule has 2 unspecified atom stereocenters. The Morgan fingerprint density at radius 3 is 2.71 bits per heavy atom. The van der Waals surface area contributed by atoms with Gasteiger partial charge in [-0.05, 0) is 62.8 Å². The van der Waals surface area contributed by atoms with Crippen LogP contribution in [0.15, 0.2) is 28.8 Å². The molecule has 0 spiro atoms. The van der Waals surface area contributed by atoms with E-state index < -0.39 is 5.54 Å². The Balaban J connectivity index is 1.03. The largest absolute Gasteiger partial charge is 0.489 e. The van der Waals surface area contributed by atoms with Crippen molar-refractivity contribution in [3.63, 3.8) is 0 Å². The van der Waals surface area contributed by atoms with E-state index in [1.807, 2.05) is 25.1 Å². The molecule has 9 heteroatoms. The van der Waals surface area contributed by atoms with Crippen LogP contribution >= 0.6 is 0 Å². The molecule has 1 aromatic carbocycles. The highest BCUT2D eigenvalue weighted by Crippen LogP contribution is 2.49. The standard InChI is InChI=1S/C26H28N4O5/c1-14-10-27-23(34-14)17-11-29(12-17)20-3-2-4-21(20)35-18-5-6-19-15(7-18)13-30(24(19)32)26-8-16(9-26)22(31)28-25(26)33/h5-7,10,16-17,20-21H,2-4,8-9,11-13H2,1H3,(H,28,31,33). The second-order valence-corrected chi connectivity index (χ2v) is 10.8. The summed E-state index contributed by atoms with van der Waals surface area (Å²) in [4.78, 5) is 46.1. The second kappa shape index (κ2) is 7.40. The molecule has 1 aromatic heterocycles. The van der Waals surface area contributed by atoms with Crippen LogP contribution in [0.1, 0.15) is 65.6 Å². The van der Waals surface area contributed by atoms with Crippen LogP contribution in [0, 0.1) is 12.8 Å². The topological polar surface area (TPSA) is 105 Å². The first-order valence-electron chi connectivity index (χ1n) is 12.5. The van der Waals surface area contributed by atoms with Crippen molar-refractivity contribution in [1.82, 2.24) is 20.1 Å². The predicted octanol–water partition coefficient (Wildman–Crippen LogP) is 2.14. The fourth-order valence-corrected chi connectivity index (χ4v) is 6.65. The predicted molar refractivity (Wildman–Crippen MR) is 123 cm³/mol. The number of piperidine rings is 2. The number of hydrogen-bond donors (Lipinski definition) is 1. The number of benzene rings is 1. The van der Waals surface area contributed by atoms with Crippen LogP contribution in [-0.4, -0.2) is 63.3 Å². The van der Waals surface area contributed by atoms with Gasteiger partial charge in [-0.1, -0.05) is 0 Å². The Morgan fingerprint density at radius 1 is 1.14 bits per heavy atom. The molecule has 2 aliphatic carbocycles. The number of likely N-dealkylation sites (tertiary alicyclic amines) is 1. The monoisotopic (exact) mass is 476 g/mol. The molecule has 3 saturated heterocycles. The van der Waals surface area contributed by atoms with Crippen molar-refractivity contribution in [2.45, 2.75) is 69.2 Å². The number of imide groups is 1. The summed E-state index contributed by atoms with van der Waals surface area (Å²) in [5.41, 5.74) is 0.615. The molecule has 0 radical (unpaired) electrons. The van der Waals surface area contributed by atoms with E-state index in [9.17, 15) is 14.4 Å². The lowest BCUT2D eigenvalue weighted by molar-refractivity contribution is -0.160. The molecule has 3 amide bonds. The molecule has 5 fully saturated rings. The highest BCUT2D eigenvalue weighted by Gasteiger charge is 2.63. The van der Waals surface area contributed by atoms with Gasteiger partial charge in [-0.3, -0.25) is 24.6 Å². The Hall–Kier alpha value is -3.20. The van der Waals surface area contributed by atoms with Crippen LogP contribution in [0.3, 0.4) is 0 Å². The zero-order valence-corrected chi connectivity index (χ0v) is 19.7. The molecule has 2 saturated carbocycles. The maximum atomic E-state index is 13.1. The van der Waals surface area contributed by atoms with Crippen molar-refractivity contribution in [3.8, 4) is 5.75 Å². The van der Waals surface area contributed by atoms with Crippen LogP contribution < -0.4 is 10.1 Å². The van der Waals surface area contributed by atoms with Crippen LogP contribution in [-0.2, 0) is 16.1 Å². The van der Waals surface area contributed by atoms with Crippen molar-refractivity contribution >= 4 is 17.7 Å². The van der Waals surface area contributed by atoms with Gasteiger partial charge in [-0.15, -0.1) is 0 Å². The highest BCUT2D eigenvalue weighted by molar-refractivity contribution is 6.10. The lowest BCUT2D eigenvalue weighted by Gasteiger charge is -2.53. The number of carbonyl (C=O) groups excluding carboxylic acids is 3. The molecule has 8 rings (SSSR count). The Kier molecular flexibility index (Phi) is 4.46. The summed E-state index contributed by atoms with van der Waals surface area (Å²) in [6.45, 7) is 4.17. The molecule has 9 nitrogen and oxygen atoms in total. The summed E-state index contributed by atoms with van der Waals surface area (Å²) in [6.07, 6.45) is 5.98. The molecule has 4 aliphatic heterocycles. The molecule has 6 aliphatic rings. The van der Waals surface area contributed by atoms with Crippen LogP contribution in [0.4, 0.5) is 0 Å². The number of fused-ring (bicyclic) bond motifs is 3. The molecular formula is C26H28N4O5. The number of amides is 3. The van der Waals surface area contributed by atoms with E-state index in [4.69, 9.17) is 9.15 Å². The number of nitrogens with zero attached hydrogens (tertiary/aromatic N) is 3. The number of nitrogens with one attached hydrogen (secondary N) is 1. The maximum Gasteiger partial charge on any atom is 0.255 e. The van der Waals surface area contributed by atoms with E-state index in [-0.39, 0.29) is 29.7 Å². The molecule has 2 atom stereocenters. The molecule has 5 heterocycles. The maximum absolute atomic E-state index is 13.1. The minimum atomic E-state index is -0.887. The number of aromatic nitrogens is 1. The minimum Gasteiger partial charge on any atom is -0.489 e. The first-order chi connectivity index (χ1) is 16.9. The van der Waals surface area contributed by atoms with Crippen molar-refractivity contribution in [3.05, 3.63) is 47.2 Å². The molecule has 2 bridgehead atoms. The average molecular weight is 477 g/mol. The third kappa shape index (κ3) is 3.10. The third-order valence-corrected chi connectivity index (χ3v) is 8.67. The highest BCUT2D eigenvalue weighted by atomic mass is 16.5. The zero-order chi connectivity index (χ0) is 23.9. The summed E-state index contributed by atoms with van der Waals surface area (Å²) >= 11 is 0. The van der Waals surface area contributed by atoms with Crippen molar-refractivity contribution in [1.29, 1.82) is 0 Å². The van der Waals surface area contributed by atoms with Gasteiger partial charge in [0.05, 0.1) is 12.1 Å². The zero-order valence-electron chi connectivity index (χ0n) is 19.7. The van der Waals surface area contributed by atoms with E-state index in [0.717, 1.165) is 55.3 Å². The number of ether oxygens (including phenoxy) is 1. The van der Waals surface area contributed by atoms with Crippen molar-refractivity contribution in [2.24, 2.45) is 5.92 Å². The third-order valence-electron chi connectivity index (χ3n) is 8.67. The molecule has 182 valence electrons. The summed E-state index contributed by atoms with van der Waals surface area (Å²) in [5, 5.41) is 2.43. The van der Waals surface area contributed by atoms with Crippen molar-refractivity contribution < 1.29 is 23.5 Å². The van der Waals surface area contributed by atoms with Gasteiger partial charge < -0.3 is 14.1 Å². The van der Waals surface area contributed by atoms with Crippen LogP contribution in [0.2, 0.25) is 0 Å². The van der Waals surface area contributed by atoms with Gasteiger partial charge in [0, 0.05) is 37.2 Å². The average Bonchev–Trinajstić information content (AvgIpc) is 3.47. The first-order valence-corrected chi connectivity index (χ1v) is 12.5. The lowest BCUT2D eigenvalue weighted by atomic mass is 9.63. The van der Waals surface area contributed by atoms with Gasteiger partial charge in [-0.25, -0.2) is 4.98 Å². The number of rotatable bonds is 5. The van der Waals surface area contributed by atoms with Gasteiger partial charge in [-0.2, -0.15) is 0 Å². The summed E-state index contributed by atoms with van der Waals surface area (Å²) < 4.78 is 12.2. The van der Waals surface area contributed by atoms with E-state index in [2.05, 4.69) is 15.2 Å². The lowest BCUT2D eigenvalue weighted by Crippen LogP contribution is -2.73. The Morgan fingerprint density at radius 2 is 1.97 bits per heavy atom. The Labute approximate surface area is 202 Å². The van der Waals surface area contributed by atoms with Crippen LogP contribution in [0.25, 0.3) is 0 Å². The van der Waals surface area contributed by atoms with E-state index in [0.29, 0.717) is 36.9 Å². The van der Waals surface area contributed by atoms with Gasteiger partial charge in [0.15, 0.2) is 5.89 Å². The smallest absolute Gasteiger partial charge is 0.255 e.